The van der Waals surface area contributed by atoms with Gasteiger partial charge in [0.25, 0.3) is 5.91 Å². The van der Waals surface area contributed by atoms with Gasteiger partial charge in [-0.2, -0.15) is 0 Å². The predicted octanol–water partition coefficient (Wildman–Crippen LogP) is 1.53. The number of hydrogen-bond donors (Lipinski definition) is 2. The van der Waals surface area contributed by atoms with Crippen LogP contribution in [0.25, 0.3) is 0 Å². The van der Waals surface area contributed by atoms with Crippen LogP contribution in [0, 0.1) is 0 Å². The van der Waals surface area contributed by atoms with Crippen LogP contribution in [-0.2, 0) is 16.0 Å². The molecule has 5 nitrogen and oxygen atoms in total. The van der Waals surface area contributed by atoms with Crippen molar-refractivity contribution < 1.29 is 14.3 Å². The number of amides is 1. The van der Waals surface area contributed by atoms with Gasteiger partial charge in [0.05, 0.1) is 7.11 Å². The molecule has 0 radical (unpaired) electrons. The molecule has 1 heterocycles. The first-order valence-corrected chi connectivity index (χ1v) is 6.26. The minimum absolute atomic E-state index is 0.299. The molecule has 104 valence electrons. The molecule has 1 unspecified atom stereocenters. The average Bonchev–Trinajstić information content (AvgIpc) is 2.99. The highest BCUT2D eigenvalue weighted by molar-refractivity contribution is 5.96. The number of nitrogens with one attached hydrogen (secondary N) is 2. The van der Waals surface area contributed by atoms with Gasteiger partial charge in [0, 0.05) is 23.9 Å². The first-order chi connectivity index (χ1) is 9.70. The minimum Gasteiger partial charge on any atom is -0.467 e. The lowest BCUT2D eigenvalue weighted by Gasteiger charge is -2.16. The maximum absolute atomic E-state index is 12.1. The molecule has 0 bridgehead atoms. The van der Waals surface area contributed by atoms with Gasteiger partial charge >= 0.3 is 5.97 Å². The summed E-state index contributed by atoms with van der Waals surface area (Å²) in [5.74, 6) is -0.767. The van der Waals surface area contributed by atoms with E-state index in [4.69, 9.17) is 4.74 Å². The van der Waals surface area contributed by atoms with E-state index >= 15 is 0 Å². The molecule has 1 aromatic heterocycles. The number of rotatable bonds is 5. The van der Waals surface area contributed by atoms with Crippen LogP contribution in [0.5, 0.6) is 0 Å². The van der Waals surface area contributed by atoms with Crippen molar-refractivity contribution in [2.24, 2.45) is 0 Å². The van der Waals surface area contributed by atoms with Crippen molar-refractivity contribution in [3.63, 3.8) is 0 Å². The van der Waals surface area contributed by atoms with Crippen molar-refractivity contribution in [3.05, 3.63) is 59.9 Å². The lowest BCUT2D eigenvalue weighted by atomic mass is 10.1. The third kappa shape index (κ3) is 3.47. The molecule has 1 amide bonds. The summed E-state index contributed by atoms with van der Waals surface area (Å²) in [6.07, 6.45) is 2.13. The predicted molar refractivity (Wildman–Crippen MR) is 74.2 cm³/mol. The number of carbonyl (C=O) groups is 2. The topological polar surface area (TPSA) is 71.2 Å². The molecule has 0 aliphatic heterocycles. The number of H-pyrrole nitrogens is 1. The van der Waals surface area contributed by atoms with E-state index in [0.29, 0.717) is 12.0 Å². The Hall–Kier alpha value is -2.56. The standard InChI is InChI=1S/C15H16N2O3/c1-20-15(19)13(10-12-8-5-9-16-12)17-14(18)11-6-3-2-4-7-11/h2-9,13,16H,10H2,1H3,(H,17,18). The van der Waals surface area contributed by atoms with Crippen LogP contribution in [-0.4, -0.2) is 30.0 Å². The summed E-state index contributed by atoms with van der Waals surface area (Å²) >= 11 is 0. The number of esters is 1. The van der Waals surface area contributed by atoms with E-state index < -0.39 is 12.0 Å². The Labute approximate surface area is 117 Å². The Morgan fingerprint density at radius 3 is 2.55 bits per heavy atom. The van der Waals surface area contributed by atoms with Gasteiger partial charge in [-0.15, -0.1) is 0 Å². The molecule has 0 saturated carbocycles. The second-order valence-electron chi connectivity index (χ2n) is 4.31. The largest absolute Gasteiger partial charge is 0.467 e. The maximum Gasteiger partial charge on any atom is 0.328 e. The first-order valence-electron chi connectivity index (χ1n) is 6.26. The minimum atomic E-state index is -0.716. The van der Waals surface area contributed by atoms with E-state index in [0.717, 1.165) is 5.69 Å². The third-order valence-corrected chi connectivity index (χ3v) is 2.91. The second kappa shape index (κ2) is 6.56. The van der Waals surface area contributed by atoms with Crippen LogP contribution >= 0.6 is 0 Å². The number of ether oxygens (including phenoxy) is 1. The molecule has 1 atom stereocenters. The van der Waals surface area contributed by atoms with E-state index in [1.807, 2.05) is 18.2 Å². The van der Waals surface area contributed by atoms with Crippen molar-refractivity contribution in [2.45, 2.75) is 12.5 Å². The number of hydrogen-bond acceptors (Lipinski definition) is 3. The molecule has 0 aliphatic rings. The number of aromatic amines is 1. The van der Waals surface area contributed by atoms with Crippen LogP contribution in [0.1, 0.15) is 16.1 Å². The van der Waals surface area contributed by atoms with Gasteiger partial charge < -0.3 is 15.0 Å². The van der Waals surface area contributed by atoms with Crippen LogP contribution in [0.4, 0.5) is 0 Å². The fraction of sp³-hybridized carbons (Fsp3) is 0.200. The van der Waals surface area contributed by atoms with Gasteiger partial charge in [-0.3, -0.25) is 4.79 Å². The molecule has 0 aliphatic carbocycles. The fourth-order valence-electron chi connectivity index (χ4n) is 1.88. The Bertz CT molecular complexity index is 564. The molecule has 0 fully saturated rings. The quantitative estimate of drug-likeness (QED) is 0.811. The van der Waals surface area contributed by atoms with Crippen molar-refractivity contribution in [2.75, 3.05) is 7.11 Å². The monoisotopic (exact) mass is 272 g/mol. The lowest BCUT2D eigenvalue weighted by Crippen LogP contribution is -2.43. The summed E-state index contributed by atoms with van der Waals surface area (Å²) in [6.45, 7) is 0. The zero-order valence-corrected chi connectivity index (χ0v) is 11.1. The molecule has 20 heavy (non-hydrogen) atoms. The highest BCUT2D eigenvalue weighted by atomic mass is 16.5. The molecule has 0 saturated heterocycles. The average molecular weight is 272 g/mol. The van der Waals surface area contributed by atoms with Crippen molar-refractivity contribution >= 4 is 11.9 Å². The normalized spacial score (nSPS) is 11.7. The molecule has 1 aromatic carbocycles. The van der Waals surface area contributed by atoms with Gasteiger partial charge in [0.2, 0.25) is 0 Å². The van der Waals surface area contributed by atoms with Crippen LogP contribution in [0.2, 0.25) is 0 Å². The summed E-state index contributed by atoms with van der Waals surface area (Å²) in [5.41, 5.74) is 1.36. The van der Waals surface area contributed by atoms with Gasteiger partial charge in [0.1, 0.15) is 6.04 Å². The SMILES string of the molecule is COC(=O)C(Cc1ccc[nH]1)NC(=O)c1ccccc1. The molecule has 0 spiro atoms. The number of aromatic nitrogens is 1. The summed E-state index contributed by atoms with van der Waals surface area (Å²) in [5, 5.41) is 2.69. The third-order valence-electron chi connectivity index (χ3n) is 2.91. The second-order valence-corrected chi connectivity index (χ2v) is 4.31. The molecular formula is C15H16N2O3. The molecule has 5 heteroatoms. The molecule has 2 aromatic rings. The zero-order chi connectivity index (χ0) is 14.4. The van der Waals surface area contributed by atoms with Crippen LogP contribution < -0.4 is 5.32 Å². The van der Waals surface area contributed by atoms with E-state index in [-0.39, 0.29) is 5.91 Å². The molecular weight excluding hydrogens is 256 g/mol. The van der Waals surface area contributed by atoms with Gasteiger partial charge in [0.15, 0.2) is 0 Å². The summed E-state index contributed by atoms with van der Waals surface area (Å²) in [4.78, 5) is 26.8. The van der Waals surface area contributed by atoms with Gasteiger partial charge in [-0.1, -0.05) is 18.2 Å². The van der Waals surface area contributed by atoms with E-state index in [1.165, 1.54) is 7.11 Å². The fourth-order valence-corrected chi connectivity index (χ4v) is 1.88. The van der Waals surface area contributed by atoms with Crippen LogP contribution in [0.3, 0.4) is 0 Å². The molecule has 2 rings (SSSR count). The Balaban J connectivity index is 2.08. The molecule has 2 N–H and O–H groups in total. The van der Waals surface area contributed by atoms with Crippen molar-refractivity contribution in [3.8, 4) is 0 Å². The van der Waals surface area contributed by atoms with E-state index in [1.54, 1.807) is 30.5 Å². The Kier molecular flexibility index (Phi) is 4.55. The lowest BCUT2D eigenvalue weighted by molar-refractivity contribution is -0.142. The van der Waals surface area contributed by atoms with Crippen LogP contribution in [0.15, 0.2) is 48.7 Å². The number of benzene rings is 1. The van der Waals surface area contributed by atoms with Crippen molar-refractivity contribution in [1.29, 1.82) is 0 Å². The highest BCUT2D eigenvalue weighted by Gasteiger charge is 2.22. The van der Waals surface area contributed by atoms with E-state index in [2.05, 4.69) is 10.3 Å². The Morgan fingerprint density at radius 1 is 1.20 bits per heavy atom. The first kappa shape index (κ1) is 13.9. The number of carbonyl (C=O) groups excluding carboxylic acids is 2. The highest BCUT2D eigenvalue weighted by Crippen LogP contribution is 2.04. The smallest absolute Gasteiger partial charge is 0.328 e. The van der Waals surface area contributed by atoms with Crippen molar-refractivity contribution in [1.82, 2.24) is 10.3 Å². The zero-order valence-electron chi connectivity index (χ0n) is 11.1. The van der Waals surface area contributed by atoms with Gasteiger partial charge in [-0.05, 0) is 24.3 Å². The summed E-state index contributed by atoms with van der Waals surface area (Å²) < 4.78 is 4.73. The summed E-state index contributed by atoms with van der Waals surface area (Å²) in [7, 11) is 1.30. The summed E-state index contributed by atoms with van der Waals surface area (Å²) in [6, 6.07) is 11.7. The van der Waals surface area contributed by atoms with Gasteiger partial charge in [-0.25, -0.2) is 4.79 Å². The maximum atomic E-state index is 12.1. The number of methoxy groups -OCH3 is 1. The van der Waals surface area contributed by atoms with E-state index in [9.17, 15) is 9.59 Å². The Morgan fingerprint density at radius 2 is 1.95 bits per heavy atom.